The van der Waals surface area contributed by atoms with E-state index in [4.69, 9.17) is 4.74 Å². The first-order valence-corrected chi connectivity index (χ1v) is 9.65. The summed E-state index contributed by atoms with van der Waals surface area (Å²) in [5.74, 6) is -0.120. The van der Waals surface area contributed by atoms with E-state index in [1.54, 1.807) is 30.7 Å². The molecule has 0 bridgehead atoms. The summed E-state index contributed by atoms with van der Waals surface area (Å²) in [6.45, 7) is 0.299. The van der Waals surface area contributed by atoms with Gasteiger partial charge in [-0.15, -0.1) is 0 Å². The number of ether oxygens (including phenoxy) is 1. The number of rotatable bonds is 6. The largest absolute Gasteiger partial charge is 0.496 e. The van der Waals surface area contributed by atoms with Gasteiger partial charge in [0, 0.05) is 48.6 Å². The Labute approximate surface area is 179 Å². The minimum absolute atomic E-state index is 0.224. The number of carbonyl (C=O) groups is 1. The number of hydrogen-bond acceptors (Lipinski definition) is 5. The SMILES string of the molecule is COc1cc(=O)n(-c2ccccc2)cc1C(=O)NCc1ccnc(-c2ccncc2)c1. The van der Waals surface area contributed by atoms with Crippen molar-refractivity contribution in [3.05, 3.63) is 107 Å². The van der Waals surface area contributed by atoms with Gasteiger partial charge in [-0.25, -0.2) is 0 Å². The van der Waals surface area contributed by atoms with E-state index in [2.05, 4.69) is 15.3 Å². The van der Waals surface area contributed by atoms with E-state index in [1.165, 1.54) is 23.9 Å². The molecule has 7 heteroatoms. The lowest BCUT2D eigenvalue weighted by molar-refractivity contribution is 0.0947. The normalized spacial score (nSPS) is 10.5. The number of hydrogen-bond donors (Lipinski definition) is 1. The summed E-state index contributed by atoms with van der Waals surface area (Å²) >= 11 is 0. The van der Waals surface area contributed by atoms with Gasteiger partial charge in [-0.05, 0) is 42.0 Å². The number of pyridine rings is 3. The summed E-state index contributed by atoms with van der Waals surface area (Å²) in [5.41, 5.74) is 3.29. The van der Waals surface area contributed by atoms with Gasteiger partial charge in [0.1, 0.15) is 5.75 Å². The molecular formula is C24H20N4O3. The zero-order valence-electron chi connectivity index (χ0n) is 16.9. The Kier molecular flexibility index (Phi) is 5.84. The van der Waals surface area contributed by atoms with Gasteiger partial charge in [-0.3, -0.25) is 24.1 Å². The van der Waals surface area contributed by atoms with E-state index in [-0.39, 0.29) is 22.8 Å². The van der Waals surface area contributed by atoms with E-state index in [1.807, 2.05) is 42.5 Å². The Morgan fingerprint density at radius 1 is 1.03 bits per heavy atom. The number of carbonyl (C=O) groups excluding carboxylic acids is 1. The molecule has 0 saturated heterocycles. The molecule has 0 fully saturated rings. The molecule has 0 aliphatic carbocycles. The Hall–Kier alpha value is -4.26. The minimum Gasteiger partial charge on any atom is -0.496 e. The summed E-state index contributed by atoms with van der Waals surface area (Å²) in [4.78, 5) is 33.8. The molecule has 7 nitrogen and oxygen atoms in total. The van der Waals surface area contributed by atoms with Gasteiger partial charge in [0.05, 0.1) is 18.4 Å². The van der Waals surface area contributed by atoms with E-state index >= 15 is 0 Å². The molecule has 31 heavy (non-hydrogen) atoms. The molecule has 1 aromatic carbocycles. The van der Waals surface area contributed by atoms with Crippen molar-refractivity contribution in [3.63, 3.8) is 0 Å². The summed E-state index contributed by atoms with van der Waals surface area (Å²) in [6, 6.07) is 17.9. The predicted octanol–water partition coefficient (Wildman–Crippen LogP) is 3.23. The Balaban J connectivity index is 1.57. The molecule has 0 aliphatic rings. The van der Waals surface area contributed by atoms with Gasteiger partial charge in [0.2, 0.25) is 0 Å². The average Bonchev–Trinajstić information content (AvgIpc) is 2.83. The van der Waals surface area contributed by atoms with Crippen LogP contribution in [0.4, 0.5) is 0 Å². The third-order valence-corrected chi connectivity index (χ3v) is 4.77. The highest BCUT2D eigenvalue weighted by molar-refractivity contribution is 5.96. The lowest BCUT2D eigenvalue weighted by atomic mass is 10.1. The number of nitrogens with zero attached hydrogens (tertiary/aromatic N) is 3. The van der Waals surface area contributed by atoms with Crippen molar-refractivity contribution in [2.75, 3.05) is 7.11 Å². The highest BCUT2D eigenvalue weighted by Crippen LogP contribution is 2.19. The number of amides is 1. The van der Waals surface area contributed by atoms with Gasteiger partial charge in [-0.1, -0.05) is 18.2 Å². The van der Waals surface area contributed by atoms with Gasteiger partial charge < -0.3 is 10.1 Å². The highest BCUT2D eigenvalue weighted by Gasteiger charge is 2.16. The summed E-state index contributed by atoms with van der Waals surface area (Å²) in [5, 5.41) is 2.89. The van der Waals surface area contributed by atoms with Crippen molar-refractivity contribution in [1.29, 1.82) is 0 Å². The van der Waals surface area contributed by atoms with Gasteiger partial charge >= 0.3 is 0 Å². The monoisotopic (exact) mass is 412 g/mol. The molecular weight excluding hydrogens is 392 g/mol. The maximum Gasteiger partial charge on any atom is 0.258 e. The van der Waals surface area contributed by atoms with Crippen LogP contribution in [0, 0.1) is 0 Å². The van der Waals surface area contributed by atoms with Crippen molar-refractivity contribution >= 4 is 5.91 Å². The third kappa shape index (κ3) is 4.51. The molecule has 3 aromatic heterocycles. The van der Waals surface area contributed by atoms with Crippen LogP contribution < -0.4 is 15.6 Å². The predicted molar refractivity (Wildman–Crippen MR) is 117 cm³/mol. The van der Waals surface area contributed by atoms with Gasteiger partial charge in [-0.2, -0.15) is 0 Å². The molecule has 3 heterocycles. The molecule has 0 spiro atoms. The smallest absolute Gasteiger partial charge is 0.258 e. The van der Waals surface area contributed by atoms with Crippen molar-refractivity contribution in [1.82, 2.24) is 19.9 Å². The number of benzene rings is 1. The van der Waals surface area contributed by atoms with Crippen molar-refractivity contribution in [2.24, 2.45) is 0 Å². The molecule has 1 N–H and O–H groups in total. The Morgan fingerprint density at radius 3 is 2.55 bits per heavy atom. The van der Waals surface area contributed by atoms with Crippen LogP contribution in [0.1, 0.15) is 15.9 Å². The quantitative estimate of drug-likeness (QED) is 0.525. The molecule has 1 amide bonds. The molecule has 4 aromatic rings. The second-order valence-electron chi connectivity index (χ2n) is 6.77. The fourth-order valence-electron chi connectivity index (χ4n) is 3.19. The van der Waals surface area contributed by atoms with Crippen LogP contribution in [0.15, 0.2) is 90.2 Å². The number of methoxy groups -OCH3 is 1. The third-order valence-electron chi connectivity index (χ3n) is 4.77. The van der Waals surface area contributed by atoms with Crippen LogP contribution in [0.5, 0.6) is 5.75 Å². The van der Waals surface area contributed by atoms with Crippen molar-refractivity contribution < 1.29 is 9.53 Å². The number of para-hydroxylation sites is 1. The average molecular weight is 412 g/mol. The Bertz CT molecular complexity index is 1250. The van der Waals surface area contributed by atoms with Crippen molar-refractivity contribution in [3.8, 4) is 22.7 Å². The second-order valence-corrected chi connectivity index (χ2v) is 6.77. The van der Waals surface area contributed by atoms with Crippen LogP contribution in [-0.4, -0.2) is 27.6 Å². The second kappa shape index (κ2) is 9.04. The van der Waals surface area contributed by atoms with Crippen LogP contribution in [0.3, 0.4) is 0 Å². The lowest BCUT2D eigenvalue weighted by Gasteiger charge is -2.13. The molecule has 4 rings (SSSR count). The molecule has 0 saturated carbocycles. The molecule has 0 unspecified atom stereocenters. The van der Waals surface area contributed by atoms with E-state index in [9.17, 15) is 9.59 Å². The van der Waals surface area contributed by atoms with E-state index in [0.29, 0.717) is 12.2 Å². The van der Waals surface area contributed by atoms with Gasteiger partial charge in [0.25, 0.3) is 11.5 Å². The lowest BCUT2D eigenvalue weighted by Crippen LogP contribution is -2.27. The highest BCUT2D eigenvalue weighted by atomic mass is 16.5. The van der Waals surface area contributed by atoms with Crippen molar-refractivity contribution in [2.45, 2.75) is 6.54 Å². The summed E-state index contributed by atoms with van der Waals surface area (Å²) < 4.78 is 6.70. The zero-order chi connectivity index (χ0) is 21.6. The van der Waals surface area contributed by atoms with E-state index in [0.717, 1.165) is 16.8 Å². The maximum absolute atomic E-state index is 12.9. The zero-order valence-corrected chi connectivity index (χ0v) is 16.9. The van der Waals surface area contributed by atoms with Gasteiger partial charge in [0.15, 0.2) is 0 Å². The molecule has 0 radical (unpaired) electrons. The van der Waals surface area contributed by atoms with Crippen LogP contribution in [0.25, 0.3) is 16.9 Å². The molecule has 0 aliphatic heterocycles. The van der Waals surface area contributed by atoms with Crippen LogP contribution in [-0.2, 0) is 6.54 Å². The standard InChI is InChI=1S/C24H20N4O3/c1-31-22-14-23(29)28(19-5-3-2-4-6-19)16-20(22)24(30)27-15-17-7-12-26-21(13-17)18-8-10-25-11-9-18/h2-14,16H,15H2,1H3,(H,27,30). The summed E-state index contributed by atoms with van der Waals surface area (Å²) in [6.07, 6.45) is 6.62. The van der Waals surface area contributed by atoms with Crippen LogP contribution >= 0.6 is 0 Å². The number of nitrogens with one attached hydrogen (secondary N) is 1. The first-order valence-electron chi connectivity index (χ1n) is 9.65. The maximum atomic E-state index is 12.9. The minimum atomic E-state index is -0.344. The first kappa shape index (κ1) is 20.0. The first-order chi connectivity index (χ1) is 15.2. The fraction of sp³-hybridized carbons (Fsp3) is 0.0833. The Morgan fingerprint density at radius 2 is 1.81 bits per heavy atom. The summed E-state index contributed by atoms with van der Waals surface area (Å²) in [7, 11) is 1.43. The molecule has 0 atom stereocenters. The van der Waals surface area contributed by atoms with E-state index < -0.39 is 0 Å². The van der Waals surface area contributed by atoms with Crippen LogP contribution in [0.2, 0.25) is 0 Å². The topological polar surface area (TPSA) is 86.1 Å². The fourth-order valence-corrected chi connectivity index (χ4v) is 3.19. The molecule has 154 valence electrons. The number of aromatic nitrogens is 3.